The normalized spacial score (nSPS) is 25.1. The number of hydrogen-bond donors (Lipinski definition) is 2. The maximum Gasteiger partial charge on any atom is 0.306 e. The number of amides is 2. The second kappa shape index (κ2) is 8.21. The van der Waals surface area contributed by atoms with Gasteiger partial charge in [0.15, 0.2) is 6.61 Å². The second-order valence-corrected chi connectivity index (χ2v) is 6.99. The first-order valence-electron chi connectivity index (χ1n) is 9.01. The molecule has 0 spiro atoms. The number of nitrogens with zero attached hydrogens (tertiary/aromatic N) is 1. The van der Waals surface area contributed by atoms with Gasteiger partial charge in [-0.2, -0.15) is 0 Å². The monoisotopic (exact) mass is 360 g/mol. The van der Waals surface area contributed by atoms with Gasteiger partial charge in [0.1, 0.15) is 5.75 Å². The van der Waals surface area contributed by atoms with Crippen LogP contribution in [-0.4, -0.2) is 53.5 Å². The number of hydrogen-bond acceptors (Lipinski definition) is 4. The lowest BCUT2D eigenvalue weighted by Crippen LogP contribution is -2.52. The zero-order valence-corrected chi connectivity index (χ0v) is 14.6. The Morgan fingerprint density at radius 1 is 1.15 bits per heavy atom. The van der Waals surface area contributed by atoms with Crippen LogP contribution in [0.25, 0.3) is 0 Å². The van der Waals surface area contributed by atoms with Crippen LogP contribution in [0.1, 0.15) is 25.7 Å². The molecule has 1 atom stereocenters. The highest BCUT2D eigenvalue weighted by Gasteiger charge is 2.37. The number of rotatable bonds is 6. The number of aliphatic carboxylic acids is 1. The largest absolute Gasteiger partial charge is 0.484 e. The van der Waals surface area contributed by atoms with Crippen molar-refractivity contribution in [2.75, 3.05) is 19.7 Å². The first kappa shape index (κ1) is 18.2. The predicted octanol–water partition coefficient (Wildman–Crippen LogP) is 1.28. The van der Waals surface area contributed by atoms with Crippen molar-refractivity contribution >= 4 is 17.8 Å². The summed E-state index contributed by atoms with van der Waals surface area (Å²) < 4.78 is 5.49. The molecule has 1 aromatic carbocycles. The van der Waals surface area contributed by atoms with Crippen LogP contribution in [0.2, 0.25) is 0 Å². The van der Waals surface area contributed by atoms with Crippen LogP contribution in [0.3, 0.4) is 0 Å². The fourth-order valence-electron chi connectivity index (χ4n) is 3.43. The molecule has 2 N–H and O–H groups in total. The van der Waals surface area contributed by atoms with Crippen molar-refractivity contribution in [2.45, 2.75) is 31.7 Å². The Bertz CT molecular complexity index is 657. The van der Waals surface area contributed by atoms with Crippen molar-refractivity contribution in [3.05, 3.63) is 30.3 Å². The van der Waals surface area contributed by atoms with Crippen molar-refractivity contribution < 1.29 is 24.2 Å². The third kappa shape index (κ3) is 4.53. The van der Waals surface area contributed by atoms with E-state index in [2.05, 4.69) is 5.32 Å². The van der Waals surface area contributed by atoms with Crippen LogP contribution in [0.4, 0.5) is 0 Å². The first-order chi connectivity index (χ1) is 12.5. The topological polar surface area (TPSA) is 95.9 Å². The predicted molar refractivity (Wildman–Crippen MR) is 93.5 cm³/mol. The van der Waals surface area contributed by atoms with Gasteiger partial charge in [-0.15, -0.1) is 0 Å². The molecule has 26 heavy (non-hydrogen) atoms. The summed E-state index contributed by atoms with van der Waals surface area (Å²) in [6, 6.07) is 9.10. The van der Waals surface area contributed by atoms with E-state index in [0.717, 1.165) is 12.8 Å². The van der Waals surface area contributed by atoms with E-state index in [4.69, 9.17) is 9.84 Å². The lowest BCUT2D eigenvalue weighted by molar-refractivity contribution is -0.147. The van der Waals surface area contributed by atoms with E-state index in [0.29, 0.717) is 31.7 Å². The number of piperidine rings is 1. The smallest absolute Gasteiger partial charge is 0.306 e. The molecule has 2 amide bonds. The van der Waals surface area contributed by atoms with Gasteiger partial charge in [-0.05, 0) is 37.8 Å². The lowest BCUT2D eigenvalue weighted by atomic mass is 9.80. The summed E-state index contributed by atoms with van der Waals surface area (Å²) in [6.45, 7) is 0.977. The molecule has 0 aromatic heterocycles. The Morgan fingerprint density at radius 3 is 2.58 bits per heavy atom. The average Bonchev–Trinajstić information content (AvgIpc) is 2.62. The maximum atomic E-state index is 12.4. The number of ether oxygens (including phenoxy) is 1. The zero-order valence-electron chi connectivity index (χ0n) is 14.6. The van der Waals surface area contributed by atoms with Gasteiger partial charge in [-0.1, -0.05) is 18.2 Å². The molecule has 3 rings (SSSR count). The molecular weight excluding hydrogens is 336 g/mol. The summed E-state index contributed by atoms with van der Waals surface area (Å²) in [5.41, 5.74) is 0. The fourth-order valence-corrected chi connectivity index (χ4v) is 3.43. The van der Waals surface area contributed by atoms with E-state index in [9.17, 15) is 14.4 Å². The average molecular weight is 360 g/mol. The number of carboxylic acid groups (broad SMARTS) is 1. The van der Waals surface area contributed by atoms with Gasteiger partial charge >= 0.3 is 5.97 Å². The molecule has 0 bridgehead atoms. The summed E-state index contributed by atoms with van der Waals surface area (Å²) in [5.74, 6) is -0.956. The van der Waals surface area contributed by atoms with E-state index in [1.165, 1.54) is 0 Å². The van der Waals surface area contributed by atoms with Gasteiger partial charge < -0.3 is 20.1 Å². The van der Waals surface area contributed by atoms with E-state index < -0.39 is 5.97 Å². The molecule has 1 aromatic rings. The number of nitrogens with one attached hydrogen (secondary N) is 1. The molecule has 7 nitrogen and oxygen atoms in total. The van der Waals surface area contributed by atoms with Crippen molar-refractivity contribution in [2.24, 2.45) is 11.8 Å². The molecule has 1 unspecified atom stereocenters. The van der Waals surface area contributed by atoms with Crippen LogP contribution in [0.15, 0.2) is 30.3 Å². The summed E-state index contributed by atoms with van der Waals surface area (Å²) in [4.78, 5) is 37.3. The zero-order chi connectivity index (χ0) is 18.5. The number of carboxylic acids is 1. The van der Waals surface area contributed by atoms with Crippen LogP contribution in [-0.2, 0) is 14.4 Å². The van der Waals surface area contributed by atoms with Gasteiger partial charge in [0.25, 0.3) is 5.91 Å². The van der Waals surface area contributed by atoms with Crippen LogP contribution >= 0.6 is 0 Å². The number of carbonyl (C=O) groups is 3. The van der Waals surface area contributed by atoms with Crippen molar-refractivity contribution in [1.29, 1.82) is 0 Å². The minimum Gasteiger partial charge on any atom is -0.484 e. The number of para-hydroxylation sites is 1. The minimum absolute atomic E-state index is 0.0404. The molecule has 140 valence electrons. The number of benzene rings is 1. The van der Waals surface area contributed by atoms with Crippen molar-refractivity contribution in [3.63, 3.8) is 0 Å². The fraction of sp³-hybridized carbons (Fsp3) is 0.526. The molecule has 1 saturated carbocycles. The van der Waals surface area contributed by atoms with Crippen molar-refractivity contribution in [3.8, 4) is 5.75 Å². The second-order valence-electron chi connectivity index (χ2n) is 6.99. The van der Waals surface area contributed by atoms with Crippen LogP contribution in [0.5, 0.6) is 5.75 Å². The SMILES string of the molecule is O=C(O)C1CC(NC(=O)C2CCCN(C(=O)COc3ccccc3)C2)C1. The third-order valence-corrected chi connectivity index (χ3v) is 5.08. The third-order valence-electron chi connectivity index (χ3n) is 5.08. The quantitative estimate of drug-likeness (QED) is 0.797. The van der Waals surface area contributed by atoms with E-state index in [1.807, 2.05) is 18.2 Å². The van der Waals surface area contributed by atoms with Gasteiger partial charge in [0.2, 0.25) is 5.91 Å². The Balaban J connectivity index is 1.44. The van der Waals surface area contributed by atoms with E-state index >= 15 is 0 Å². The van der Waals surface area contributed by atoms with Gasteiger partial charge in [0.05, 0.1) is 11.8 Å². The van der Waals surface area contributed by atoms with Gasteiger partial charge in [-0.25, -0.2) is 0 Å². The first-order valence-corrected chi connectivity index (χ1v) is 9.01. The molecule has 0 radical (unpaired) electrons. The number of likely N-dealkylation sites (tertiary alicyclic amines) is 1. The van der Waals surface area contributed by atoms with Crippen molar-refractivity contribution in [1.82, 2.24) is 10.2 Å². The molecule has 2 fully saturated rings. The van der Waals surface area contributed by atoms with Gasteiger partial charge in [-0.3, -0.25) is 14.4 Å². The molecule has 1 heterocycles. The van der Waals surface area contributed by atoms with E-state index in [1.54, 1.807) is 17.0 Å². The minimum atomic E-state index is -0.802. The highest BCUT2D eigenvalue weighted by atomic mass is 16.5. The summed E-state index contributed by atoms with van der Waals surface area (Å²) in [6.07, 6.45) is 2.49. The maximum absolute atomic E-state index is 12.4. The number of carbonyl (C=O) groups excluding carboxylic acids is 2. The van der Waals surface area contributed by atoms with Gasteiger partial charge in [0, 0.05) is 19.1 Å². The Hall–Kier alpha value is -2.57. The van der Waals surface area contributed by atoms with Crippen LogP contribution in [0, 0.1) is 11.8 Å². The summed E-state index contributed by atoms with van der Waals surface area (Å²) in [7, 11) is 0. The Labute approximate surface area is 152 Å². The lowest BCUT2D eigenvalue weighted by Gasteiger charge is -2.36. The molecular formula is C19H24N2O5. The summed E-state index contributed by atoms with van der Waals surface area (Å²) in [5, 5.41) is 11.8. The van der Waals surface area contributed by atoms with Crippen LogP contribution < -0.4 is 10.1 Å². The Kier molecular flexibility index (Phi) is 5.75. The summed E-state index contributed by atoms with van der Waals surface area (Å²) >= 11 is 0. The highest BCUT2D eigenvalue weighted by molar-refractivity contribution is 5.82. The highest BCUT2D eigenvalue weighted by Crippen LogP contribution is 2.28. The standard InChI is InChI=1S/C19H24N2O5/c22-17(12-26-16-6-2-1-3-7-16)21-8-4-5-13(11-21)18(23)20-15-9-14(10-15)19(24)25/h1-3,6-7,13-15H,4-5,8-12H2,(H,20,23)(H,24,25). The molecule has 1 aliphatic carbocycles. The molecule has 2 aliphatic rings. The Morgan fingerprint density at radius 2 is 1.88 bits per heavy atom. The molecule has 7 heteroatoms. The molecule has 1 saturated heterocycles. The van der Waals surface area contributed by atoms with E-state index in [-0.39, 0.29) is 36.3 Å². The molecule has 1 aliphatic heterocycles.